The molecule has 0 saturated heterocycles. The van der Waals surface area contributed by atoms with E-state index in [4.69, 9.17) is 16.3 Å². The average molecular weight is 308 g/mol. The minimum atomic E-state index is -3.17. The van der Waals surface area contributed by atoms with Gasteiger partial charge in [-0.25, -0.2) is 8.42 Å². The zero-order valence-corrected chi connectivity index (χ0v) is 12.1. The molecule has 106 valence electrons. The Labute approximate surface area is 116 Å². The second kappa shape index (κ2) is 6.21. The van der Waals surface area contributed by atoms with Crippen molar-refractivity contribution in [2.45, 2.75) is 19.1 Å². The molecule has 0 N–H and O–H groups in total. The third-order valence-electron chi connectivity index (χ3n) is 2.47. The number of hydrogen-bond acceptors (Lipinski definition) is 5. The van der Waals surface area contributed by atoms with Crippen LogP contribution in [0.25, 0.3) is 0 Å². The van der Waals surface area contributed by atoms with Crippen LogP contribution < -0.4 is 4.74 Å². The maximum atomic E-state index is 11.5. The third-order valence-corrected chi connectivity index (χ3v) is 4.95. The fourth-order valence-electron chi connectivity index (χ4n) is 1.24. The molecule has 0 spiro atoms. The van der Waals surface area contributed by atoms with Gasteiger partial charge in [0.25, 0.3) is 5.69 Å². The molecule has 0 saturated carbocycles. The Morgan fingerprint density at radius 2 is 2.05 bits per heavy atom. The van der Waals surface area contributed by atoms with Crippen LogP contribution in [0.4, 0.5) is 5.69 Å². The Morgan fingerprint density at radius 1 is 1.42 bits per heavy atom. The Morgan fingerprint density at radius 3 is 2.53 bits per heavy atom. The predicted octanol–water partition coefficient (Wildman–Crippen LogP) is 2.45. The monoisotopic (exact) mass is 307 g/mol. The van der Waals surface area contributed by atoms with Crippen LogP contribution in [0.5, 0.6) is 5.75 Å². The molecule has 0 fully saturated rings. The molecule has 0 atom stereocenters. The highest BCUT2D eigenvalue weighted by Gasteiger charge is 2.16. The summed E-state index contributed by atoms with van der Waals surface area (Å²) in [5.74, 6) is 0.189. The zero-order valence-electron chi connectivity index (χ0n) is 10.5. The van der Waals surface area contributed by atoms with E-state index in [1.54, 1.807) is 13.8 Å². The molecule has 1 rings (SSSR count). The molecule has 8 heteroatoms. The Kier molecular flexibility index (Phi) is 5.13. The van der Waals surface area contributed by atoms with E-state index in [1.165, 1.54) is 18.2 Å². The number of sulfone groups is 1. The number of hydrogen-bond donors (Lipinski definition) is 0. The smallest absolute Gasteiger partial charge is 0.288 e. The summed E-state index contributed by atoms with van der Waals surface area (Å²) in [6.07, 6.45) is 0. The first-order valence-corrected chi connectivity index (χ1v) is 7.61. The second-order valence-corrected chi connectivity index (χ2v) is 7.22. The van der Waals surface area contributed by atoms with Crippen molar-refractivity contribution in [1.82, 2.24) is 0 Å². The van der Waals surface area contributed by atoms with Crippen molar-refractivity contribution in [3.05, 3.63) is 33.3 Å². The van der Waals surface area contributed by atoms with Crippen molar-refractivity contribution in [3.8, 4) is 5.75 Å². The lowest BCUT2D eigenvalue weighted by atomic mass is 10.3. The van der Waals surface area contributed by atoms with E-state index in [-0.39, 0.29) is 23.1 Å². The van der Waals surface area contributed by atoms with Gasteiger partial charge < -0.3 is 4.74 Å². The number of halogens is 1. The summed E-state index contributed by atoms with van der Waals surface area (Å²) in [5, 5.41) is 10.0. The van der Waals surface area contributed by atoms with E-state index >= 15 is 0 Å². The molecule has 0 aliphatic heterocycles. The van der Waals surface area contributed by atoms with Crippen molar-refractivity contribution in [2.75, 3.05) is 12.4 Å². The molecule has 0 aromatic heterocycles. The minimum Gasteiger partial charge on any atom is -0.492 e. The van der Waals surface area contributed by atoms with E-state index < -0.39 is 20.0 Å². The number of rotatable bonds is 6. The first kappa shape index (κ1) is 15.7. The van der Waals surface area contributed by atoms with Gasteiger partial charge in [0.1, 0.15) is 17.4 Å². The molecule has 0 unspecified atom stereocenters. The first-order chi connectivity index (χ1) is 8.74. The molecule has 6 nitrogen and oxygen atoms in total. The predicted molar refractivity (Wildman–Crippen MR) is 72.5 cm³/mol. The lowest BCUT2D eigenvalue weighted by molar-refractivity contribution is -0.384. The Bertz CT molecular complexity index is 570. The van der Waals surface area contributed by atoms with Crippen LogP contribution in [-0.4, -0.2) is 31.0 Å². The summed E-state index contributed by atoms with van der Waals surface area (Å²) in [4.78, 5) is 9.95. The highest BCUT2D eigenvalue weighted by Crippen LogP contribution is 2.28. The minimum absolute atomic E-state index is 0.0192. The van der Waals surface area contributed by atoms with Crippen molar-refractivity contribution in [3.63, 3.8) is 0 Å². The maximum Gasteiger partial charge on any atom is 0.288 e. The zero-order chi connectivity index (χ0) is 14.6. The van der Waals surface area contributed by atoms with E-state index in [2.05, 4.69) is 0 Å². The van der Waals surface area contributed by atoms with Gasteiger partial charge in [-0.05, 0) is 19.9 Å². The highest BCUT2D eigenvalue weighted by molar-refractivity contribution is 7.91. The largest absolute Gasteiger partial charge is 0.492 e. The summed E-state index contributed by atoms with van der Waals surface area (Å²) in [6, 6.07) is 3.89. The van der Waals surface area contributed by atoms with Gasteiger partial charge in [0, 0.05) is 12.1 Å². The van der Waals surface area contributed by atoms with Gasteiger partial charge in [0.2, 0.25) is 0 Å². The molecule has 1 aromatic rings. The molecule has 0 bridgehead atoms. The number of nitro benzene ring substituents is 1. The lowest BCUT2D eigenvalue weighted by Crippen LogP contribution is -2.22. The molecule has 0 radical (unpaired) electrons. The van der Waals surface area contributed by atoms with E-state index in [0.717, 1.165) is 0 Å². The number of nitro groups is 1. The van der Waals surface area contributed by atoms with Crippen LogP contribution in [-0.2, 0) is 9.84 Å². The fourth-order valence-corrected chi connectivity index (χ4v) is 2.26. The maximum absolute atomic E-state index is 11.5. The van der Waals surface area contributed by atoms with E-state index in [0.29, 0.717) is 5.75 Å². The van der Waals surface area contributed by atoms with Gasteiger partial charge in [0.15, 0.2) is 9.84 Å². The van der Waals surface area contributed by atoms with Crippen LogP contribution in [0.3, 0.4) is 0 Å². The quantitative estimate of drug-likeness (QED) is 0.595. The molecule has 0 aliphatic carbocycles. The molecular formula is C11H14ClNO5S. The topological polar surface area (TPSA) is 86.5 Å². The third kappa shape index (κ3) is 4.36. The van der Waals surface area contributed by atoms with Gasteiger partial charge in [-0.2, -0.15) is 0 Å². The average Bonchev–Trinajstić information content (AvgIpc) is 2.28. The van der Waals surface area contributed by atoms with Gasteiger partial charge in [-0.15, -0.1) is 0 Å². The van der Waals surface area contributed by atoms with Crippen LogP contribution in [0, 0.1) is 10.1 Å². The molecule has 0 amide bonds. The van der Waals surface area contributed by atoms with Crippen molar-refractivity contribution in [1.29, 1.82) is 0 Å². The summed E-state index contributed by atoms with van der Waals surface area (Å²) in [6.45, 7) is 3.17. The van der Waals surface area contributed by atoms with Gasteiger partial charge in [-0.1, -0.05) is 11.6 Å². The summed E-state index contributed by atoms with van der Waals surface area (Å²) in [5.41, 5.74) is -0.219. The summed E-state index contributed by atoms with van der Waals surface area (Å²) < 4.78 is 28.3. The molecule has 1 aromatic carbocycles. The standard InChI is InChI=1S/C11H14ClNO5S/c1-8(2)19(16,17)6-5-18-9-3-4-11(13(14)15)10(12)7-9/h3-4,7-8H,5-6H2,1-2H3. The molecule has 0 aliphatic rings. The SMILES string of the molecule is CC(C)S(=O)(=O)CCOc1ccc([N+](=O)[O-])c(Cl)c1. The van der Waals surface area contributed by atoms with Gasteiger partial charge >= 0.3 is 0 Å². The van der Waals surface area contributed by atoms with Crippen LogP contribution in [0.2, 0.25) is 5.02 Å². The molecular weight excluding hydrogens is 294 g/mol. The lowest BCUT2D eigenvalue weighted by Gasteiger charge is -2.09. The normalized spacial score (nSPS) is 11.6. The second-order valence-electron chi connectivity index (χ2n) is 4.13. The number of nitrogens with zero attached hydrogens (tertiary/aromatic N) is 1. The fraction of sp³-hybridized carbons (Fsp3) is 0.455. The Hall–Kier alpha value is -1.34. The molecule has 0 heterocycles. The summed E-state index contributed by atoms with van der Waals surface area (Å²) in [7, 11) is -3.17. The highest BCUT2D eigenvalue weighted by atomic mass is 35.5. The van der Waals surface area contributed by atoms with Gasteiger partial charge in [-0.3, -0.25) is 10.1 Å². The van der Waals surface area contributed by atoms with Crippen LogP contribution >= 0.6 is 11.6 Å². The number of benzene rings is 1. The number of ether oxygens (including phenoxy) is 1. The first-order valence-electron chi connectivity index (χ1n) is 5.52. The molecule has 19 heavy (non-hydrogen) atoms. The van der Waals surface area contributed by atoms with E-state index in [9.17, 15) is 18.5 Å². The summed E-state index contributed by atoms with van der Waals surface area (Å²) >= 11 is 5.70. The van der Waals surface area contributed by atoms with Crippen LogP contribution in [0.1, 0.15) is 13.8 Å². The van der Waals surface area contributed by atoms with E-state index in [1.807, 2.05) is 0 Å². The Balaban J connectivity index is 2.65. The van der Waals surface area contributed by atoms with Crippen LogP contribution in [0.15, 0.2) is 18.2 Å². The van der Waals surface area contributed by atoms with Crippen molar-refractivity contribution >= 4 is 27.1 Å². The van der Waals surface area contributed by atoms with Crippen molar-refractivity contribution in [2.24, 2.45) is 0 Å². The van der Waals surface area contributed by atoms with Crippen molar-refractivity contribution < 1.29 is 18.1 Å². The van der Waals surface area contributed by atoms with Gasteiger partial charge in [0.05, 0.1) is 15.9 Å².